The van der Waals surface area contributed by atoms with Crippen molar-refractivity contribution < 1.29 is 4.42 Å². The second-order valence-corrected chi connectivity index (χ2v) is 2.39. The molecule has 0 aromatic carbocycles. The first-order chi connectivity index (χ1) is 5.36. The van der Waals surface area contributed by atoms with Gasteiger partial charge >= 0.3 is 0 Å². The Morgan fingerprint density at radius 1 is 1.45 bits per heavy atom. The minimum absolute atomic E-state index is 0.312. The molecule has 3 nitrogen and oxygen atoms in total. The predicted molar refractivity (Wildman–Crippen MR) is 41.8 cm³/mol. The number of hydrogen-bond acceptors (Lipinski definition) is 4. The molecule has 0 fully saturated rings. The van der Waals surface area contributed by atoms with Crippen LogP contribution in [0.15, 0.2) is 29.0 Å². The van der Waals surface area contributed by atoms with E-state index in [0.717, 1.165) is 5.56 Å². The van der Waals surface area contributed by atoms with Crippen LogP contribution in [0.5, 0.6) is 0 Å². The molecule has 0 unspecified atom stereocenters. The highest BCUT2D eigenvalue weighted by Gasteiger charge is 2.02. The largest absolute Gasteiger partial charge is 0.446 e. The Bertz CT molecular complexity index is 398. The van der Waals surface area contributed by atoms with Gasteiger partial charge in [0.05, 0.1) is 11.8 Å². The molecule has 0 saturated heterocycles. The molecular weight excluding hydrogens is 160 g/mol. The molecule has 2 heterocycles. The summed E-state index contributed by atoms with van der Waals surface area (Å²) in [4.78, 5) is 7.76. The Hall–Kier alpha value is -1.29. The third-order valence-corrected chi connectivity index (χ3v) is 1.49. The molecule has 0 amide bonds. The zero-order valence-electron chi connectivity index (χ0n) is 5.52. The van der Waals surface area contributed by atoms with Crippen LogP contribution in [0, 0.1) is 4.77 Å². The van der Waals surface area contributed by atoms with Gasteiger partial charge in [-0.1, -0.05) is 0 Å². The number of fused-ring (bicyclic) bond motifs is 1. The van der Waals surface area contributed by atoms with Crippen LogP contribution in [-0.2, 0) is 0 Å². The molecule has 0 saturated carbocycles. The third-order valence-electron chi connectivity index (χ3n) is 1.29. The summed E-state index contributed by atoms with van der Waals surface area (Å²) in [5.41, 5.74) is 0.862. The lowest BCUT2D eigenvalue weighted by atomic mass is 10.3. The average Bonchev–Trinajstić information content (AvgIpc) is 2.04. The van der Waals surface area contributed by atoms with Gasteiger partial charge in [0, 0.05) is 6.20 Å². The molecule has 2 aliphatic heterocycles. The van der Waals surface area contributed by atoms with Crippen molar-refractivity contribution in [2.45, 2.75) is 0 Å². The number of rotatable bonds is 0. The second kappa shape index (κ2) is 2.39. The SMILES string of the molecule is S=c1ncc2cccoc-2n1. The first-order valence-electron chi connectivity index (χ1n) is 3.07. The van der Waals surface area contributed by atoms with E-state index in [1.165, 1.54) is 0 Å². The van der Waals surface area contributed by atoms with Gasteiger partial charge in [0.1, 0.15) is 0 Å². The molecule has 0 aromatic rings. The molecule has 0 aromatic heterocycles. The monoisotopic (exact) mass is 164 g/mol. The van der Waals surface area contributed by atoms with Gasteiger partial charge in [-0.2, -0.15) is 4.98 Å². The molecule has 0 bridgehead atoms. The van der Waals surface area contributed by atoms with Crippen molar-refractivity contribution in [2.75, 3.05) is 0 Å². The van der Waals surface area contributed by atoms with E-state index in [4.69, 9.17) is 16.6 Å². The van der Waals surface area contributed by atoms with Gasteiger partial charge < -0.3 is 4.42 Å². The van der Waals surface area contributed by atoms with Crippen LogP contribution in [0.3, 0.4) is 0 Å². The fraction of sp³-hybridized carbons (Fsp3) is 0. The minimum atomic E-state index is 0.312. The van der Waals surface area contributed by atoms with E-state index in [2.05, 4.69) is 9.97 Å². The average molecular weight is 164 g/mol. The van der Waals surface area contributed by atoms with Crippen LogP contribution in [0.2, 0.25) is 0 Å². The topological polar surface area (TPSA) is 38.9 Å². The fourth-order valence-electron chi connectivity index (χ4n) is 0.816. The summed E-state index contributed by atoms with van der Waals surface area (Å²) >= 11 is 4.76. The van der Waals surface area contributed by atoms with E-state index < -0.39 is 0 Å². The van der Waals surface area contributed by atoms with E-state index in [9.17, 15) is 0 Å². The summed E-state index contributed by atoms with van der Waals surface area (Å²) in [5, 5.41) is 0. The Labute approximate surface area is 68.1 Å². The second-order valence-electron chi connectivity index (χ2n) is 2.03. The maximum Gasteiger partial charge on any atom is 0.230 e. The van der Waals surface area contributed by atoms with Gasteiger partial charge in [-0.15, -0.1) is 0 Å². The lowest BCUT2D eigenvalue weighted by molar-refractivity contribution is 0.545. The summed E-state index contributed by atoms with van der Waals surface area (Å²) < 4.78 is 5.39. The molecule has 11 heavy (non-hydrogen) atoms. The molecule has 0 radical (unpaired) electrons. The van der Waals surface area contributed by atoms with Crippen molar-refractivity contribution in [1.29, 1.82) is 0 Å². The van der Waals surface area contributed by atoms with Gasteiger partial charge in [-0.3, -0.25) is 0 Å². The third kappa shape index (κ3) is 1.12. The van der Waals surface area contributed by atoms with Crippen LogP contribution in [0.1, 0.15) is 0 Å². The summed E-state index contributed by atoms with van der Waals surface area (Å²) in [6.45, 7) is 0. The molecule has 0 N–H and O–H groups in total. The summed E-state index contributed by atoms with van der Waals surface area (Å²) in [6.07, 6.45) is 3.21. The van der Waals surface area contributed by atoms with Gasteiger partial charge in [-0.05, 0) is 24.4 Å². The van der Waals surface area contributed by atoms with Crippen LogP contribution < -0.4 is 0 Å². The number of aromatic nitrogens is 2. The van der Waals surface area contributed by atoms with E-state index in [1.807, 2.05) is 6.07 Å². The van der Waals surface area contributed by atoms with E-state index >= 15 is 0 Å². The van der Waals surface area contributed by atoms with Crippen LogP contribution in [0.4, 0.5) is 0 Å². The van der Waals surface area contributed by atoms with Crippen molar-refractivity contribution in [3.05, 3.63) is 29.4 Å². The molecule has 54 valence electrons. The van der Waals surface area contributed by atoms with Gasteiger partial charge in [0.25, 0.3) is 0 Å². The first kappa shape index (κ1) is 6.42. The van der Waals surface area contributed by atoms with Gasteiger partial charge in [-0.25, -0.2) is 4.98 Å². The number of hydrogen-bond donors (Lipinski definition) is 0. The summed E-state index contributed by atoms with van der Waals surface area (Å²) in [5.74, 6) is 0.535. The highest BCUT2D eigenvalue weighted by Crippen LogP contribution is 2.15. The Morgan fingerprint density at radius 2 is 2.36 bits per heavy atom. The van der Waals surface area contributed by atoms with Crippen molar-refractivity contribution in [3.63, 3.8) is 0 Å². The maximum absolute atomic E-state index is 5.07. The van der Waals surface area contributed by atoms with Gasteiger partial charge in [0.2, 0.25) is 10.7 Å². The predicted octanol–water partition coefficient (Wildman–Crippen LogP) is 1.90. The van der Waals surface area contributed by atoms with Crippen molar-refractivity contribution >= 4 is 12.2 Å². The molecule has 0 aliphatic carbocycles. The van der Waals surface area contributed by atoms with Crippen LogP contribution >= 0.6 is 12.2 Å². The normalized spacial score (nSPS) is 10.2. The maximum atomic E-state index is 5.07. The molecule has 0 spiro atoms. The van der Waals surface area contributed by atoms with Crippen LogP contribution in [0.25, 0.3) is 11.5 Å². The first-order valence-corrected chi connectivity index (χ1v) is 3.48. The smallest absolute Gasteiger partial charge is 0.230 e. The van der Waals surface area contributed by atoms with Crippen molar-refractivity contribution in [2.24, 2.45) is 0 Å². The Balaban J connectivity index is 2.84. The summed E-state index contributed by atoms with van der Waals surface area (Å²) in [7, 11) is 0. The van der Waals surface area contributed by atoms with Crippen LogP contribution in [-0.4, -0.2) is 9.97 Å². The molecule has 2 rings (SSSR count). The quantitative estimate of drug-likeness (QED) is 0.557. The summed E-state index contributed by atoms with van der Waals surface area (Å²) in [6, 6.07) is 3.66. The number of nitrogens with zero attached hydrogens (tertiary/aromatic N) is 2. The highest BCUT2D eigenvalue weighted by molar-refractivity contribution is 7.71. The lowest BCUT2D eigenvalue weighted by Crippen LogP contribution is -1.87. The fourth-order valence-corrected chi connectivity index (χ4v) is 0.951. The Kier molecular flexibility index (Phi) is 1.40. The van der Waals surface area contributed by atoms with Gasteiger partial charge in [0.15, 0.2) is 0 Å². The van der Waals surface area contributed by atoms with Crippen molar-refractivity contribution in [3.8, 4) is 11.5 Å². The molecule has 4 heteroatoms. The Morgan fingerprint density at radius 3 is 3.27 bits per heavy atom. The minimum Gasteiger partial charge on any atom is -0.446 e. The highest BCUT2D eigenvalue weighted by atomic mass is 32.1. The molecule has 0 atom stereocenters. The van der Waals surface area contributed by atoms with E-state index in [0.29, 0.717) is 10.7 Å². The van der Waals surface area contributed by atoms with E-state index in [1.54, 1.807) is 18.5 Å². The van der Waals surface area contributed by atoms with E-state index in [-0.39, 0.29) is 0 Å². The standard InChI is InChI=1S/C7H4N2OS/c11-7-8-4-5-2-1-3-10-6(5)9-7/h1-4H. The molecular formula is C7H4N2OS. The van der Waals surface area contributed by atoms with Crippen molar-refractivity contribution in [1.82, 2.24) is 9.97 Å². The molecule has 2 aliphatic rings. The zero-order chi connectivity index (χ0) is 7.68. The zero-order valence-corrected chi connectivity index (χ0v) is 6.34. The lowest BCUT2D eigenvalue weighted by Gasteiger charge is -1.97.